The van der Waals surface area contributed by atoms with Gasteiger partial charge in [0.25, 0.3) is 0 Å². The number of allylic oxidation sites excluding steroid dienone is 1. The summed E-state index contributed by atoms with van der Waals surface area (Å²) in [4.78, 5) is 0. The second kappa shape index (κ2) is 13.9. The van der Waals surface area contributed by atoms with Crippen molar-refractivity contribution < 1.29 is 14.4 Å². The molecule has 5 rings (SSSR count). The number of fused-ring (bicyclic) bond motifs is 4. The van der Waals surface area contributed by atoms with Crippen LogP contribution in [0, 0.1) is 45.3 Å². The fourth-order valence-corrected chi connectivity index (χ4v) is 13.0. The minimum absolute atomic E-state index is 0.0554. The minimum Gasteiger partial charge on any atom is -0.390 e. The third-order valence-electron chi connectivity index (χ3n) is 14.8. The van der Waals surface area contributed by atoms with Crippen LogP contribution in [-0.2, 0) is 9.26 Å². The van der Waals surface area contributed by atoms with Gasteiger partial charge >= 0.3 is 0 Å². The van der Waals surface area contributed by atoms with Crippen LogP contribution in [0.4, 0.5) is 0 Å². The number of hydrogen-bond acceptors (Lipinski definition) is 3. The lowest BCUT2D eigenvalue weighted by molar-refractivity contribution is -0.252. The molecule has 260 valence electrons. The number of hydrogen-bond donors (Lipinski definition) is 1. The van der Waals surface area contributed by atoms with Gasteiger partial charge < -0.3 is 14.4 Å². The van der Waals surface area contributed by atoms with E-state index in [1.807, 2.05) is 6.08 Å². The van der Waals surface area contributed by atoms with Crippen molar-refractivity contribution in [2.75, 3.05) is 6.61 Å². The molecule has 0 aromatic carbocycles. The fraction of sp³-hybridized carbons (Fsp3) is 0.900. The maximum atomic E-state index is 11.2. The smallest absolute Gasteiger partial charge is 0.0839 e. The zero-order valence-electron chi connectivity index (χ0n) is 31.1. The van der Waals surface area contributed by atoms with E-state index in [2.05, 4.69) is 90.8 Å². The summed E-state index contributed by atoms with van der Waals surface area (Å²) in [6.45, 7) is 28.6. The molecule has 3 nitrogen and oxygen atoms in total. The molecule has 5 fully saturated rings. The highest BCUT2D eigenvalue weighted by molar-refractivity contribution is 8.00. The predicted molar refractivity (Wildman–Crippen MR) is 199 cm³/mol. The lowest BCUT2D eigenvalue weighted by atomic mass is 9.44. The maximum Gasteiger partial charge on any atom is 0.0839 e. The first-order chi connectivity index (χ1) is 20.8. The van der Waals surface area contributed by atoms with Gasteiger partial charge in [0.15, 0.2) is 0 Å². The van der Waals surface area contributed by atoms with Crippen LogP contribution in [-0.4, -0.2) is 28.5 Å². The molecule has 1 aliphatic heterocycles. The van der Waals surface area contributed by atoms with Crippen molar-refractivity contribution in [3.63, 3.8) is 0 Å². The van der Waals surface area contributed by atoms with Gasteiger partial charge in [-0.3, -0.25) is 0 Å². The van der Waals surface area contributed by atoms with Gasteiger partial charge in [0.2, 0.25) is 0 Å². The van der Waals surface area contributed by atoms with E-state index >= 15 is 0 Å². The molecule has 0 aromatic rings. The Hall–Kier alpha value is 0.220. The van der Waals surface area contributed by atoms with Crippen molar-refractivity contribution in [1.82, 2.24) is 0 Å². The zero-order chi connectivity index (χ0) is 33.5. The summed E-state index contributed by atoms with van der Waals surface area (Å²) < 4.78 is 12.1. The Morgan fingerprint density at radius 2 is 1.38 bits per heavy atom. The van der Waals surface area contributed by atoms with Crippen LogP contribution in [0.25, 0.3) is 0 Å². The zero-order valence-corrected chi connectivity index (χ0v) is 33.3. The summed E-state index contributed by atoms with van der Waals surface area (Å²) in [6.07, 6.45) is 21.7. The lowest BCUT2D eigenvalue weighted by Crippen LogP contribution is -2.62. The molecule has 0 bridgehead atoms. The largest absolute Gasteiger partial charge is 0.390 e. The summed E-state index contributed by atoms with van der Waals surface area (Å²) in [7, 11) is 3.10. The highest BCUT2D eigenvalue weighted by atomic mass is 32.0. The Bertz CT molecular complexity index is 1070. The van der Waals surface area contributed by atoms with Gasteiger partial charge in [-0.25, -0.2) is 0 Å². The molecule has 4 saturated carbocycles. The van der Waals surface area contributed by atoms with Gasteiger partial charge in [-0.2, -0.15) is 0 Å². The molecule has 11 atom stereocenters. The Morgan fingerprint density at radius 3 is 1.98 bits per heavy atom. The normalized spacial score (nSPS) is 45.9. The molecular formula is C40H72O3P2. The summed E-state index contributed by atoms with van der Waals surface area (Å²) in [5.74, 6) is 2.73. The average molecular weight is 663 g/mol. The van der Waals surface area contributed by atoms with E-state index in [1.54, 1.807) is 0 Å². The number of aliphatic hydroxyl groups is 1. The van der Waals surface area contributed by atoms with Crippen LogP contribution in [0.2, 0.25) is 0 Å². The van der Waals surface area contributed by atoms with Gasteiger partial charge in [0, 0.05) is 8.50 Å². The standard InChI is InChI=1S/C20H38O2P2.C20H34O/c1-15(10-14-22-24-23)7-8-17-19(4)12-6-11-18(2,3)16(19)9-13-20(17,5)21;1-7-18(4)13-9-16-19(5)12-8-11-17(2,3)15(19)10-14-20(16,6)21-18/h10,16-17,21,24H,6-9,11-14,23H2,1-5H3;7,15-16H,1,8-14H2,2-6H3/b15-10+;/t16?,17-,19+,20-;15?,16-,18+,19+,20-/m11/s1. The van der Waals surface area contributed by atoms with E-state index in [-0.39, 0.29) is 16.6 Å². The molecule has 1 heterocycles. The van der Waals surface area contributed by atoms with Gasteiger partial charge in [0.05, 0.1) is 23.4 Å². The summed E-state index contributed by atoms with van der Waals surface area (Å²) in [6, 6.07) is 0. The molecule has 0 aromatic heterocycles. The Morgan fingerprint density at radius 1 is 0.822 bits per heavy atom. The third-order valence-corrected chi connectivity index (χ3v) is 15.6. The SMILES string of the molecule is C/C(=C\COPP)CC[C@@H]1[C@@]2(C)CCCC(C)(C)C2CC[C@@]1(C)O.C=C[C@@]1(C)CC[C@H]2[C@@](C)(CCC3C(C)(C)CCC[C@@]32C)O1. The van der Waals surface area contributed by atoms with E-state index in [1.165, 1.54) is 69.8 Å². The first-order valence-electron chi connectivity index (χ1n) is 18.6. The quantitative estimate of drug-likeness (QED) is 0.167. The van der Waals surface area contributed by atoms with Gasteiger partial charge in [0.1, 0.15) is 0 Å². The highest BCUT2D eigenvalue weighted by Crippen LogP contribution is 2.66. The van der Waals surface area contributed by atoms with E-state index in [0.717, 1.165) is 43.4 Å². The van der Waals surface area contributed by atoms with Gasteiger partial charge in [-0.15, -0.1) is 6.58 Å². The van der Waals surface area contributed by atoms with Crippen molar-refractivity contribution in [1.29, 1.82) is 0 Å². The van der Waals surface area contributed by atoms with E-state index in [0.29, 0.717) is 37.3 Å². The van der Waals surface area contributed by atoms with Crippen LogP contribution in [0.15, 0.2) is 24.3 Å². The molecule has 5 heteroatoms. The molecule has 45 heavy (non-hydrogen) atoms. The predicted octanol–water partition coefficient (Wildman–Crippen LogP) is 11.8. The van der Waals surface area contributed by atoms with Crippen LogP contribution in [0.1, 0.15) is 159 Å². The number of rotatable bonds is 7. The van der Waals surface area contributed by atoms with Gasteiger partial charge in [-0.05, 0) is 150 Å². The van der Waals surface area contributed by atoms with E-state index < -0.39 is 5.60 Å². The summed E-state index contributed by atoms with van der Waals surface area (Å²) >= 11 is 0. The van der Waals surface area contributed by atoms with Crippen molar-refractivity contribution in [2.24, 2.45) is 45.3 Å². The molecular weight excluding hydrogens is 590 g/mol. The topological polar surface area (TPSA) is 38.7 Å². The molecule has 1 saturated heterocycles. The van der Waals surface area contributed by atoms with E-state index in [4.69, 9.17) is 9.26 Å². The van der Waals surface area contributed by atoms with Crippen molar-refractivity contribution in [3.8, 4) is 0 Å². The molecule has 0 radical (unpaired) electrons. The third kappa shape index (κ3) is 7.69. The van der Waals surface area contributed by atoms with Gasteiger partial charge in [-0.1, -0.05) is 81.0 Å². The first kappa shape index (κ1) is 38.0. The molecule has 4 unspecified atom stereocenters. The van der Waals surface area contributed by atoms with E-state index in [9.17, 15) is 5.11 Å². The highest BCUT2D eigenvalue weighted by Gasteiger charge is 2.61. The molecule has 0 spiro atoms. The fourth-order valence-electron chi connectivity index (χ4n) is 12.5. The molecule has 0 amide bonds. The summed E-state index contributed by atoms with van der Waals surface area (Å²) in [5.41, 5.74) is 2.50. The summed E-state index contributed by atoms with van der Waals surface area (Å²) in [5, 5.41) is 11.2. The Balaban J connectivity index is 0.000000206. The first-order valence-corrected chi connectivity index (χ1v) is 21.3. The van der Waals surface area contributed by atoms with Crippen LogP contribution < -0.4 is 0 Å². The lowest BCUT2D eigenvalue weighted by Gasteiger charge is -2.65. The molecule has 5 aliphatic rings. The Kier molecular flexibility index (Phi) is 11.7. The number of ether oxygens (including phenoxy) is 1. The second-order valence-electron chi connectivity index (χ2n) is 18.8. The monoisotopic (exact) mass is 662 g/mol. The average Bonchev–Trinajstić information content (AvgIpc) is 2.91. The van der Waals surface area contributed by atoms with Crippen LogP contribution >= 0.6 is 17.4 Å². The van der Waals surface area contributed by atoms with Crippen molar-refractivity contribution in [3.05, 3.63) is 24.3 Å². The molecule has 1 N–H and O–H groups in total. The molecule has 4 aliphatic carbocycles. The van der Waals surface area contributed by atoms with Crippen molar-refractivity contribution >= 4 is 17.4 Å². The van der Waals surface area contributed by atoms with Crippen LogP contribution in [0.5, 0.6) is 0 Å². The second-order valence-corrected chi connectivity index (χ2v) is 20.1. The maximum absolute atomic E-state index is 11.2. The van der Waals surface area contributed by atoms with Crippen LogP contribution in [0.3, 0.4) is 0 Å². The Labute approximate surface area is 283 Å². The van der Waals surface area contributed by atoms with Crippen molar-refractivity contribution in [2.45, 2.75) is 176 Å². The minimum atomic E-state index is -0.517.